The van der Waals surface area contributed by atoms with Gasteiger partial charge in [-0.1, -0.05) is 121 Å². The number of carbonyl (C=O) groups is 1. The number of carbonyl (C=O) groups excluding carboxylic acids is 1. The molecule has 0 aromatic heterocycles. The molecule has 5 rings (SSSR count). The van der Waals surface area contributed by atoms with Crippen molar-refractivity contribution in [3.8, 4) is 0 Å². The van der Waals surface area contributed by atoms with Crippen molar-refractivity contribution in [2.24, 2.45) is 0 Å². The number of hydrogen-bond acceptors (Lipinski definition) is 5. The molecule has 0 N–H and O–H groups in total. The predicted octanol–water partition coefficient (Wildman–Crippen LogP) is 5.79. The maximum Gasteiger partial charge on any atom is 0.248 e. The molecule has 2 atom stereocenters. The summed E-state index contributed by atoms with van der Waals surface area (Å²) in [7, 11) is -1.75. The van der Waals surface area contributed by atoms with Gasteiger partial charge in [0.25, 0.3) is 0 Å². The molecule has 8 heteroatoms. The van der Waals surface area contributed by atoms with Gasteiger partial charge in [-0.3, -0.25) is 4.79 Å². The summed E-state index contributed by atoms with van der Waals surface area (Å²) in [4.78, 5) is 14.4. The van der Waals surface area contributed by atoms with Gasteiger partial charge in [-0.15, -0.1) is 11.8 Å². The zero-order valence-electron chi connectivity index (χ0n) is 24.6. The summed E-state index contributed by atoms with van der Waals surface area (Å²) in [6.07, 6.45) is 1.87. The Labute approximate surface area is 259 Å². The van der Waals surface area contributed by atoms with Crippen LogP contribution < -0.4 is 0 Å². The molecule has 0 bridgehead atoms. The highest BCUT2D eigenvalue weighted by Crippen LogP contribution is 2.52. The van der Waals surface area contributed by atoms with Gasteiger partial charge in [0.05, 0.1) is 17.6 Å². The van der Waals surface area contributed by atoms with Gasteiger partial charge in [-0.25, -0.2) is 8.42 Å². The van der Waals surface area contributed by atoms with Gasteiger partial charge in [0.1, 0.15) is 6.61 Å². The van der Waals surface area contributed by atoms with E-state index in [1.165, 1.54) is 6.26 Å². The fraction of sp³-hybridized carbons (Fsp3) is 0.286. The SMILES string of the molecule is CN(Cc1ccccc1)C(=O)COCC1CC(SC(c2ccccc2)(c2ccccc2)c2ccccc2)CN1S(C)(=O)=O. The van der Waals surface area contributed by atoms with Crippen molar-refractivity contribution in [2.75, 3.05) is 33.1 Å². The first-order valence-electron chi connectivity index (χ1n) is 14.4. The zero-order chi connectivity index (χ0) is 30.3. The van der Waals surface area contributed by atoms with Crippen molar-refractivity contribution in [2.45, 2.75) is 29.0 Å². The third-order valence-corrected chi connectivity index (χ3v) is 10.9. The normalized spacial score (nSPS) is 17.5. The van der Waals surface area contributed by atoms with Gasteiger partial charge in [0.2, 0.25) is 15.9 Å². The molecule has 224 valence electrons. The highest BCUT2D eigenvalue weighted by Gasteiger charge is 2.45. The highest BCUT2D eigenvalue weighted by atomic mass is 32.2. The topological polar surface area (TPSA) is 66.9 Å². The summed E-state index contributed by atoms with van der Waals surface area (Å²) in [5.74, 6) is -0.144. The van der Waals surface area contributed by atoms with Crippen LogP contribution in [0.25, 0.3) is 0 Å². The van der Waals surface area contributed by atoms with Gasteiger partial charge in [0, 0.05) is 31.4 Å². The van der Waals surface area contributed by atoms with Crippen LogP contribution >= 0.6 is 11.8 Å². The molecule has 1 heterocycles. The Morgan fingerprint density at radius 1 is 0.837 bits per heavy atom. The largest absolute Gasteiger partial charge is 0.370 e. The van der Waals surface area contributed by atoms with Crippen LogP contribution in [0.2, 0.25) is 0 Å². The Balaban J connectivity index is 1.36. The average Bonchev–Trinajstić information content (AvgIpc) is 3.45. The lowest BCUT2D eigenvalue weighted by molar-refractivity contribution is -0.135. The first-order valence-corrected chi connectivity index (χ1v) is 17.2. The van der Waals surface area contributed by atoms with E-state index in [2.05, 4.69) is 72.8 Å². The standard InChI is InChI=1S/C35H38N2O4S2/c1-36(24-28-15-7-3-8-16-28)34(38)27-41-26-32-23-33(25-37(32)43(2,39)40)42-35(29-17-9-4-10-18-29,30-19-11-5-12-20-30)31-21-13-6-14-22-31/h3-22,32-33H,23-27H2,1-2H3. The van der Waals surface area contributed by atoms with Crippen LogP contribution in [0.15, 0.2) is 121 Å². The fourth-order valence-corrected chi connectivity index (χ4v) is 8.90. The highest BCUT2D eigenvalue weighted by molar-refractivity contribution is 8.01. The summed E-state index contributed by atoms with van der Waals surface area (Å²) < 4.78 is 32.8. The lowest BCUT2D eigenvalue weighted by Crippen LogP contribution is -2.39. The molecule has 6 nitrogen and oxygen atoms in total. The van der Waals surface area contributed by atoms with Crippen molar-refractivity contribution in [1.29, 1.82) is 0 Å². The molecule has 1 amide bonds. The second-order valence-electron chi connectivity index (χ2n) is 11.0. The molecular formula is C35H38N2O4S2. The van der Waals surface area contributed by atoms with Gasteiger partial charge in [0.15, 0.2) is 0 Å². The molecule has 0 aliphatic carbocycles. The predicted molar refractivity (Wildman–Crippen MR) is 174 cm³/mol. The van der Waals surface area contributed by atoms with Crippen molar-refractivity contribution in [3.05, 3.63) is 144 Å². The summed E-state index contributed by atoms with van der Waals surface area (Å²) in [5.41, 5.74) is 4.44. The molecule has 1 saturated heterocycles. The molecule has 1 aliphatic heterocycles. The molecule has 0 spiro atoms. The maximum atomic E-state index is 13.0. The summed E-state index contributed by atoms with van der Waals surface area (Å²) >= 11 is 1.79. The first kappa shape index (κ1) is 31.0. The van der Waals surface area contributed by atoms with Gasteiger partial charge in [-0.05, 0) is 28.7 Å². The third kappa shape index (κ3) is 7.39. The Morgan fingerprint density at radius 3 is 1.77 bits per heavy atom. The zero-order valence-corrected chi connectivity index (χ0v) is 26.2. The van der Waals surface area contributed by atoms with Crippen LogP contribution in [-0.4, -0.2) is 67.9 Å². The smallest absolute Gasteiger partial charge is 0.248 e. The molecular weight excluding hydrogens is 577 g/mol. The number of likely N-dealkylation sites (N-methyl/N-ethyl adjacent to an activating group) is 1. The number of sulfonamides is 1. The summed E-state index contributed by atoms with van der Waals surface area (Å²) in [5, 5.41) is -0.0135. The minimum Gasteiger partial charge on any atom is -0.370 e. The van der Waals surface area contributed by atoms with E-state index in [-0.39, 0.29) is 30.4 Å². The Kier molecular flexibility index (Phi) is 10.0. The second kappa shape index (κ2) is 13.9. The van der Waals surface area contributed by atoms with E-state index in [4.69, 9.17) is 4.74 Å². The van der Waals surface area contributed by atoms with E-state index in [1.807, 2.05) is 48.5 Å². The number of ether oxygens (including phenoxy) is 1. The number of benzene rings is 4. The van der Waals surface area contributed by atoms with Crippen LogP contribution in [0.3, 0.4) is 0 Å². The van der Waals surface area contributed by atoms with E-state index in [1.54, 1.807) is 28.0 Å². The van der Waals surface area contributed by atoms with Crippen LogP contribution in [0.1, 0.15) is 28.7 Å². The molecule has 0 saturated carbocycles. The fourth-order valence-electron chi connectivity index (χ4n) is 5.80. The van der Waals surface area contributed by atoms with E-state index in [0.29, 0.717) is 19.5 Å². The Morgan fingerprint density at radius 2 is 1.30 bits per heavy atom. The van der Waals surface area contributed by atoms with Crippen molar-refractivity contribution < 1.29 is 17.9 Å². The summed E-state index contributed by atoms with van der Waals surface area (Å²) in [6.45, 7) is 0.913. The molecule has 43 heavy (non-hydrogen) atoms. The third-order valence-electron chi connectivity index (χ3n) is 7.86. The minimum absolute atomic E-state index is 0.0135. The van der Waals surface area contributed by atoms with E-state index in [9.17, 15) is 13.2 Å². The van der Waals surface area contributed by atoms with Crippen LogP contribution in [0.5, 0.6) is 0 Å². The molecule has 4 aromatic carbocycles. The van der Waals surface area contributed by atoms with Crippen LogP contribution in [-0.2, 0) is 30.8 Å². The lowest BCUT2D eigenvalue weighted by Gasteiger charge is -2.37. The number of nitrogens with zero attached hydrogens (tertiary/aromatic N) is 2. The number of thioether (sulfide) groups is 1. The van der Waals surface area contributed by atoms with Crippen LogP contribution in [0.4, 0.5) is 0 Å². The molecule has 1 fully saturated rings. The van der Waals surface area contributed by atoms with E-state index < -0.39 is 14.8 Å². The maximum absolute atomic E-state index is 13.0. The van der Waals surface area contributed by atoms with Gasteiger partial charge < -0.3 is 9.64 Å². The first-order chi connectivity index (χ1) is 20.8. The monoisotopic (exact) mass is 614 g/mol. The van der Waals surface area contributed by atoms with Crippen molar-refractivity contribution >= 4 is 27.7 Å². The molecule has 2 unspecified atom stereocenters. The van der Waals surface area contributed by atoms with E-state index >= 15 is 0 Å². The quantitative estimate of drug-likeness (QED) is 0.189. The Bertz CT molecular complexity index is 1470. The number of hydrogen-bond donors (Lipinski definition) is 0. The Hall–Kier alpha value is -3.43. The second-order valence-corrected chi connectivity index (χ2v) is 14.4. The van der Waals surface area contributed by atoms with E-state index in [0.717, 1.165) is 22.3 Å². The minimum atomic E-state index is -3.50. The van der Waals surface area contributed by atoms with Gasteiger partial charge >= 0.3 is 0 Å². The lowest BCUT2D eigenvalue weighted by atomic mass is 9.84. The van der Waals surface area contributed by atoms with Gasteiger partial charge in [-0.2, -0.15) is 4.31 Å². The number of amides is 1. The molecule has 0 radical (unpaired) electrons. The molecule has 4 aromatic rings. The molecule has 1 aliphatic rings. The van der Waals surface area contributed by atoms with Crippen molar-refractivity contribution in [1.82, 2.24) is 9.21 Å². The number of rotatable bonds is 12. The average molecular weight is 615 g/mol. The van der Waals surface area contributed by atoms with Crippen molar-refractivity contribution in [3.63, 3.8) is 0 Å². The van der Waals surface area contributed by atoms with Crippen LogP contribution in [0, 0.1) is 0 Å². The summed E-state index contributed by atoms with van der Waals surface area (Å²) in [6, 6.07) is 40.7.